The van der Waals surface area contributed by atoms with E-state index in [1.54, 1.807) is 42.5 Å². The number of sulfonamides is 1. The summed E-state index contributed by atoms with van der Waals surface area (Å²) in [5, 5.41) is 6.35. The minimum absolute atomic E-state index is 0.0824. The molecule has 0 aliphatic heterocycles. The van der Waals surface area contributed by atoms with E-state index in [0.29, 0.717) is 22.5 Å². The molecular weight excluding hydrogens is 602 g/mol. The maximum absolute atomic E-state index is 13.4. The number of rotatable bonds is 10. The Hall–Kier alpha value is -4.47. The Labute approximate surface area is 247 Å². The third-order valence-electron chi connectivity index (χ3n) is 6.27. The van der Waals surface area contributed by atoms with Crippen LogP contribution in [0.4, 0.5) is 5.69 Å². The van der Waals surface area contributed by atoms with Gasteiger partial charge in [0.05, 0.1) is 16.8 Å². The minimum atomic E-state index is -4.00. The number of halogens is 1. The molecule has 1 N–H and O–H groups in total. The highest BCUT2D eigenvalue weighted by molar-refractivity contribution is 9.10. The Balaban J connectivity index is 1.22. The molecule has 206 valence electrons. The molecule has 0 heterocycles. The number of nitrogens with one attached hydrogen (secondary N) is 1. The Morgan fingerprint density at radius 2 is 1.56 bits per heavy atom. The first kappa shape index (κ1) is 28.1. The maximum atomic E-state index is 13.4. The SMILES string of the molecule is O=C(CN(c1cccc(Br)c1)S(=O)(=O)c1ccccc1)N/N=C\c1ccc(OCc2cccc3ccccc23)cc1. The van der Waals surface area contributed by atoms with Gasteiger partial charge in [-0.25, -0.2) is 13.8 Å². The Morgan fingerprint density at radius 3 is 2.34 bits per heavy atom. The van der Waals surface area contributed by atoms with Crippen molar-refractivity contribution in [3.8, 4) is 5.75 Å². The number of anilines is 1. The van der Waals surface area contributed by atoms with Gasteiger partial charge in [0.25, 0.3) is 15.9 Å². The van der Waals surface area contributed by atoms with Crippen LogP contribution in [0.25, 0.3) is 10.8 Å². The van der Waals surface area contributed by atoms with Gasteiger partial charge in [0.15, 0.2) is 0 Å². The number of carbonyl (C=O) groups is 1. The quantitative estimate of drug-likeness (QED) is 0.141. The monoisotopic (exact) mass is 627 g/mol. The van der Waals surface area contributed by atoms with Gasteiger partial charge < -0.3 is 4.74 Å². The normalized spacial score (nSPS) is 11.4. The van der Waals surface area contributed by atoms with Crippen molar-refractivity contribution in [2.75, 3.05) is 10.8 Å². The molecule has 0 saturated carbocycles. The molecule has 0 fully saturated rings. The fourth-order valence-electron chi connectivity index (χ4n) is 4.24. The molecule has 5 aromatic rings. The van der Waals surface area contributed by atoms with Gasteiger partial charge in [0.1, 0.15) is 18.9 Å². The van der Waals surface area contributed by atoms with Crippen LogP contribution >= 0.6 is 15.9 Å². The molecule has 7 nitrogen and oxygen atoms in total. The molecule has 41 heavy (non-hydrogen) atoms. The van der Waals surface area contributed by atoms with Crippen LogP contribution < -0.4 is 14.5 Å². The number of fused-ring (bicyclic) bond motifs is 1. The lowest BCUT2D eigenvalue weighted by atomic mass is 10.1. The van der Waals surface area contributed by atoms with E-state index in [9.17, 15) is 13.2 Å². The van der Waals surface area contributed by atoms with Gasteiger partial charge in [-0.1, -0.05) is 82.7 Å². The molecule has 0 spiro atoms. The van der Waals surface area contributed by atoms with Gasteiger partial charge >= 0.3 is 0 Å². The number of hydrogen-bond acceptors (Lipinski definition) is 5. The van der Waals surface area contributed by atoms with E-state index >= 15 is 0 Å². The van der Waals surface area contributed by atoms with Crippen molar-refractivity contribution in [2.24, 2.45) is 5.10 Å². The Bertz CT molecular complexity index is 1790. The van der Waals surface area contributed by atoms with E-state index in [4.69, 9.17) is 4.74 Å². The molecule has 0 radical (unpaired) electrons. The molecule has 5 aromatic carbocycles. The number of hydrazone groups is 1. The first-order valence-corrected chi connectivity index (χ1v) is 15.0. The molecule has 9 heteroatoms. The van der Waals surface area contributed by atoms with Gasteiger partial charge in [-0.15, -0.1) is 0 Å². The van der Waals surface area contributed by atoms with E-state index in [2.05, 4.69) is 50.7 Å². The zero-order valence-corrected chi connectivity index (χ0v) is 24.3. The molecule has 0 saturated heterocycles. The summed E-state index contributed by atoms with van der Waals surface area (Å²) < 4.78 is 34.5. The van der Waals surface area contributed by atoms with Crippen molar-refractivity contribution >= 4 is 54.5 Å². The van der Waals surface area contributed by atoms with E-state index in [1.165, 1.54) is 23.7 Å². The Kier molecular flexibility index (Phi) is 8.76. The highest BCUT2D eigenvalue weighted by atomic mass is 79.9. The van der Waals surface area contributed by atoms with Crippen LogP contribution in [0, 0.1) is 0 Å². The second-order valence-corrected chi connectivity index (χ2v) is 11.9. The fourth-order valence-corrected chi connectivity index (χ4v) is 6.06. The second-order valence-electron chi connectivity index (χ2n) is 9.09. The summed E-state index contributed by atoms with van der Waals surface area (Å²) in [7, 11) is -4.00. The number of nitrogens with zero attached hydrogens (tertiary/aromatic N) is 2. The second kappa shape index (κ2) is 12.8. The van der Waals surface area contributed by atoms with Gasteiger partial charge in [-0.2, -0.15) is 5.10 Å². The lowest BCUT2D eigenvalue weighted by Gasteiger charge is -2.23. The number of hydrogen-bond donors (Lipinski definition) is 1. The zero-order chi connectivity index (χ0) is 28.7. The van der Waals surface area contributed by atoms with Crippen LogP contribution in [-0.2, 0) is 21.4 Å². The first-order chi connectivity index (χ1) is 19.9. The van der Waals surface area contributed by atoms with Crippen LogP contribution in [0.1, 0.15) is 11.1 Å². The van der Waals surface area contributed by atoms with Gasteiger partial charge in [0, 0.05) is 4.47 Å². The molecule has 0 atom stereocenters. The summed E-state index contributed by atoms with van der Waals surface area (Å²) in [4.78, 5) is 12.9. The molecular formula is C32H26BrN3O4S. The van der Waals surface area contributed by atoms with Crippen LogP contribution in [0.5, 0.6) is 5.75 Å². The molecule has 0 aliphatic carbocycles. The van der Waals surface area contributed by atoms with Gasteiger partial charge in [-0.3, -0.25) is 9.10 Å². The van der Waals surface area contributed by atoms with Crippen LogP contribution in [0.2, 0.25) is 0 Å². The highest BCUT2D eigenvalue weighted by Gasteiger charge is 2.27. The summed E-state index contributed by atoms with van der Waals surface area (Å²) in [6, 6.07) is 36.4. The van der Waals surface area contributed by atoms with Crippen molar-refractivity contribution in [2.45, 2.75) is 11.5 Å². The molecule has 0 aliphatic rings. The molecule has 5 rings (SSSR count). The molecule has 0 bridgehead atoms. The average Bonchev–Trinajstić information content (AvgIpc) is 3.00. The van der Waals surface area contributed by atoms with Crippen molar-refractivity contribution in [3.05, 3.63) is 137 Å². The summed E-state index contributed by atoms with van der Waals surface area (Å²) in [6.45, 7) is -0.0167. The van der Waals surface area contributed by atoms with E-state index in [0.717, 1.165) is 20.8 Å². The summed E-state index contributed by atoms with van der Waals surface area (Å²) in [5.74, 6) is 0.116. The average molecular weight is 629 g/mol. The lowest BCUT2D eigenvalue weighted by Crippen LogP contribution is -2.39. The first-order valence-electron chi connectivity index (χ1n) is 12.7. The number of benzene rings is 5. The summed E-state index contributed by atoms with van der Waals surface area (Å²) in [5.41, 5.74) is 4.62. The topological polar surface area (TPSA) is 88.1 Å². The van der Waals surface area contributed by atoms with Crippen LogP contribution in [0.3, 0.4) is 0 Å². The Morgan fingerprint density at radius 1 is 0.854 bits per heavy atom. The minimum Gasteiger partial charge on any atom is -0.489 e. The largest absolute Gasteiger partial charge is 0.489 e. The van der Waals surface area contributed by atoms with Crippen molar-refractivity contribution in [1.29, 1.82) is 0 Å². The summed E-state index contributed by atoms with van der Waals surface area (Å²) >= 11 is 3.37. The number of amides is 1. The van der Waals surface area contributed by atoms with Gasteiger partial charge in [0.2, 0.25) is 0 Å². The highest BCUT2D eigenvalue weighted by Crippen LogP contribution is 2.26. The lowest BCUT2D eigenvalue weighted by molar-refractivity contribution is -0.119. The predicted octanol–water partition coefficient (Wildman–Crippen LogP) is 6.53. The third-order valence-corrected chi connectivity index (χ3v) is 8.55. The van der Waals surface area contributed by atoms with Gasteiger partial charge in [-0.05, 0) is 76.5 Å². The van der Waals surface area contributed by atoms with Crippen molar-refractivity contribution in [3.63, 3.8) is 0 Å². The number of ether oxygens (including phenoxy) is 1. The zero-order valence-electron chi connectivity index (χ0n) is 21.9. The van der Waals surface area contributed by atoms with Crippen LogP contribution in [0.15, 0.2) is 136 Å². The summed E-state index contributed by atoms with van der Waals surface area (Å²) in [6.07, 6.45) is 1.49. The van der Waals surface area contributed by atoms with Crippen molar-refractivity contribution in [1.82, 2.24) is 5.43 Å². The molecule has 0 unspecified atom stereocenters. The molecule has 1 amide bonds. The standard InChI is InChI=1S/C32H26BrN3O4S/c33-27-11-7-12-28(20-27)36(41(38,39)30-13-2-1-3-14-30)22-32(37)35-34-21-24-16-18-29(19-17-24)40-23-26-10-6-9-25-8-4-5-15-31(25)26/h1-21H,22-23H2,(H,35,37)/b34-21-. The van der Waals surface area contributed by atoms with E-state index < -0.39 is 22.5 Å². The maximum Gasteiger partial charge on any atom is 0.264 e. The number of carbonyl (C=O) groups excluding carboxylic acids is 1. The smallest absolute Gasteiger partial charge is 0.264 e. The third kappa shape index (κ3) is 7.00. The van der Waals surface area contributed by atoms with Crippen LogP contribution in [-0.4, -0.2) is 27.1 Å². The van der Waals surface area contributed by atoms with E-state index in [1.807, 2.05) is 42.5 Å². The fraction of sp³-hybridized carbons (Fsp3) is 0.0625. The molecule has 0 aromatic heterocycles. The van der Waals surface area contributed by atoms with E-state index in [-0.39, 0.29) is 4.90 Å². The predicted molar refractivity (Wildman–Crippen MR) is 166 cm³/mol. The van der Waals surface area contributed by atoms with Crippen molar-refractivity contribution < 1.29 is 17.9 Å².